The third-order valence-electron chi connectivity index (χ3n) is 2.73. The van der Waals surface area contributed by atoms with Gasteiger partial charge in [-0.25, -0.2) is 0 Å². The van der Waals surface area contributed by atoms with Crippen molar-refractivity contribution in [1.29, 1.82) is 0 Å². The highest BCUT2D eigenvalue weighted by molar-refractivity contribution is 5.85. The van der Waals surface area contributed by atoms with Crippen LogP contribution in [0.3, 0.4) is 0 Å². The van der Waals surface area contributed by atoms with Crippen LogP contribution in [0.4, 0.5) is 0 Å². The van der Waals surface area contributed by atoms with E-state index in [2.05, 4.69) is 11.1 Å². The van der Waals surface area contributed by atoms with Gasteiger partial charge in [0.1, 0.15) is 0 Å². The van der Waals surface area contributed by atoms with Crippen LogP contribution in [-0.4, -0.2) is 4.98 Å². The second kappa shape index (κ2) is 5.54. The summed E-state index contributed by atoms with van der Waals surface area (Å²) in [6.45, 7) is 0. The molecule has 0 radical (unpaired) electrons. The van der Waals surface area contributed by atoms with Crippen molar-refractivity contribution in [3.8, 4) is 0 Å². The maximum absolute atomic E-state index is 6.24. The van der Waals surface area contributed by atoms with Gasteiger partial charge in [-0.05, 0) is 24.5 Å². The van der Waals surface area contributed by atoms with Crippen molar-refractivity contribution < 1.29 is 0 Å². The van der Waals surface area contributed by atoms with Gasteiger partial charge in [0.15, 0.2) is 0 Å². The Kier molecular flexibility index (Phi) is 5.42. The number of nitrogens with two attached hydrogens (primary N) is 1. The van der Waals surface area contributed by atoms with Gasteiger partial charge < -0.3 is 5.73 Å². The molecule has 1 aromatic heterocycles. The third kappa shape index (κ3) is 2.59. The van der Waals surface area contributed by atoms with Gasteiger partial charge in [-0.1, -0.05) is 18.9 Å². The maximum Gasteiger partial charge on any atom is 0.0425 e. The molecule has 2 nitrogen and oxygen atoms in total. The first kappa shape index (κ1) is 13.7. The Morgan fingerprint density at radius 3 is 2.36 bits per heavy atom. The zero-order chi connectivity index (χ0) is 8.44. The number of halogens is 2. The fourth-order valence-corrected chi connectivity index (χ4v) is 1.95. The molecule has 2 rings (SSSR count). The number of pyridine rings is 1. The molecular weight excluding hydrogens is 219 g/mol. The van der Waals surface area contributed by atoms with E-state index in [1.165, 1.54) is 18.4 Å². The van der Waals surface area contributed by atoms with Crippen molar-refractivity contribution in [3.05, 3.63) is 30.1 Å². The molecule has 1 aromatic rings. The molecule has 1 heterocycles. The first-order chi connectivity index (χ1) is 5.81. The van der Waals surface area contributed by atoms with E-state index in [1.54, 1.807) is 6.20 Å². The Balaban J connectivity index is 0.000000845. The second-order valence-corrected chi connectivity index (χ2v) is 3.60. The van der Waals surface area contributed by atoms with Crippen molar-refractivity contribution in [2.45, 2.75) is 31.2 Å². The predicted octanol–water partition coefficient (Wildman–Crippen LogP) is 2.65. The van der Waals surface area contributed by atoms with Crippen LogP contribution in [0.25, 0.3) is 0 Å². The molecule has 2 N–H and O–H groups in total. The van der Waals surface area contributed by atoms with Gasteiger partial charge in [-0.15, -0.1) is 24.8 Å². The summed E-state index contributed by atoms with van der Waals surface area (Å²) < 4.78 is 0. The summed E-state index contributed by atoms with van der Waals surface area (Å²) >= 11 is 0. The standard InChI is InChI=1S/C10H14N2.2ClH/c11-10(5-1-2-6-10)9-4-3-7-12-8-9;;/h3-4,7-8H,1-2,5-6,11H2;2*1H. The Labute approximate surface area is 97.1 Å². The molecule has 0 atom stereocenters. The molecule has 0 bridgehead atoms. The second-order valence-electron chi connectivity index (χ2n) is 3.60. The molecular formula is C10H16Cl2N2. The van der Waals surface area contributed by atoms with Gasteiger partial charge in [0, 0.05) is 17.9 Å². The average Bonchev–Trinajstić information content (AvgIpc) is 2.55. The van der Waals surface area contributed by atoms with Crippen molar-refractivity contribution in [2.24, 2.45) is 5.73 Å². The molecule has 0 saturated heterocycles. The van der Waals surface area contributed by atoms with Crippen molar-refractivity contribution >= 4 is 24.8 Å². The summed E-state index contributed by atoms with van der Waals surface area (Å²) in [5.74, 6) is 0. The Hall–Kier alpha value is -0.310. The van der Waals surface area contributed by atoms with E-state index in [0.29, 0.717) is 0 Å². The van der Waals surface area contributed by atoms with E-state index in [0.717, 1.165) is 12.8 Å². The van der Waals surface area contributed by atoms with Gasteiger partial charge in [0.25, 0.3) is 0 Å². The van der Waals surface area contributed by atoms with E-state index in [-0.39, 0.29) is 30.4 Å². The molecule has 80 valence electrons. The number of aromatic nitrogens is 1. The lowest BCUT2D eigenvalue weighted by Gasteiger charge is -2.23. The van der Waals surface area contributed by atoms with Crippen LogP contribution in [0.1, 0.15) is 31.2 Å². The summed E-state index contributed by atoms with van der Waals surface area (Å²) in [5, 5.41) is 0. The predicted molar refractivity (Wildman–Crippen MR) is 63.1 cm³/mol. The van der Waals surface area contributed by atoms with Gasteiger partial charge >= 0.3 is 0 Å². The van der Waals surface area contributed by atoms with Crippen molar-refractivity contribution in [2.75, 3.05) is 0 Å². The topological polar surface area (TPSA) is 38.9 Å². The minimum absolute atomic E-state index is 0. The minimum atomic E-state index is -0.0751. The van der Waals surface area contributed by atoms with E-state index < -0.39 is 0 Å². The molecule has 4 heteroatoms. The first-order valence-corrected chi connectivity index (χ1v) is 4.51. The molecule has 1 fully saturated rings. The van der Waals surface area contributed by atoms with Crippen LogP contribution in [0, 0.1) is 0 Å². The fraction of sp³-hybridized carbons (Fsp3) is 0.500. The fourth-order valence-electron chi connectivity index (χ4n) is 1.95. The summed E-state index contributed by atoms with van der Waals surface area (Å²) in [4.78, 5) is 4.09. The molecule has 0 aromatic carbocycles. The first-order valence-electron chi connectivity index (χ1n) is 4.51. The highest BCUT2D eigenvalue weighted by atomic mass is 35.5. The molecule has 0 amide bonds. The normalized spacial score (nSPS) is 18.1. The summed E-state index contributed by atoms with van der Waals surface area (Å²) in [5.41, 5.74) is 7.36. The largest absolute Gasteiger partial charge is 0.321 e. The minimum Gasteiger partial charge on any atom is -0.321 e. The van der Waals surface area contributed by atoms with E-state index >= 15 is 0 Å². The molecule has 1 aliphatic rings. The van der Waals surface area contributed by atoms with E-state index in [4.69, 9.17) is 5.73 Å². The SMILES string of the molecule is Cl.Cl.NC1(c2cccnc2)CCCC1. The molecule has 14 heavy (non-hydrogen) atoms. The Bertz CT molecular complexity index is 258. The van der Waals surface area contributed by atoms with Crippen molar-refractivity contribution in [3.63, 3.8) is 0 Å². The maximum atomic E-state index is 6.24. The third-order valence-corrected chi connectivity index (χ3v) is 2.73. The van der Waals surface area contributed by atoms with Gasteiger partial charge in [0.2, 0.25) is 0 Å². The van der Waals surface area contributed by atoms with Gasteiger partial charge in [0.05, 0.1) is 0 Å². The van der Waals surface area contributed by atoms with Crippen LogP contribution in [0.5, 0.6) is 0 Å². The molecule has 1 aliphatic carbocycles. The lowest BCUT2D eigenvalue weighted by atomic mass is 9.91. The average molecular weight is 235 g/mol. The van der Waals surface area contributed by atoms with E-state index in [9.17, 15) is 0 Å². The van der Waals surface area contributed by atoms with Gasteiger partial charge in [-0.2, -0.15) is 0 Å². The highest BCUT2D eigenvalue weighted by Crippen LogP contribution is 2.35. The van der Waals surface area contributed by atoms with Crippen LogP contribution >= 0.6 is 24.8 Å². The zero-order valence-corrected chi connectivity index (χ0v) is 9.61. The van der Waals surface area contributed by atoms with Crippen LogP contribution < -0.4 is 5.73 Å². The lowest BCUT2D eigenvalue weighted by molar-refractivity contribution is 0.460. The molecule has 1 saturated carbocycles. The monoisotopic (exact) mass is 234 g/mol. The molecule has 0 spiro atoms. The number of hydrogen-bond acceptors (Lipinski definition) is 2. The summed E-state index contributed by atoms with van der Waals surface area (Å²) in [6, 6.07) is 4.04. The Morgan fingerprint density at radius 2 is 1.86 bits per heavy atom. The molecule has 0 aliphatic heterocycles. The Morgan fingerprint density at radius 1 is 1.21 bits per heavy atom. The summed E-state index contributed by atoms with van der Waals surface area (Å²) in [6.07, 6.45) is 8.42. The highest BCUT2D eigenvalue weighted by Gasteiger charge is 2.30. The lowest BCUT2D eigenvalue weighted by Crippen LogP contribution is -2.33. The van der Waals surface area contributed by atoms with Gasteiger partial charge in [-0.3, -0.25) is 4.98 Å². The molecule has 0 unspecified atom stereocenters. The van der Waals surface area contributed by atoms with Crippen LogP contribution in [0.2, 0.25) is 0 Å². The van der Waals surface area contributed by atoms with Crippen LogP contribution in [-0.2, 0) is 5.54 Å². The quantitative estimate of drug-likeness (QED) is 0.812. The number of rotatable bonds is 1. The van der Waals surface area contributed by atoms with Crippen molar-refractivity contribution in [1.82, 2.24) is 4.98 Å². The summed E-state index contributed by atoms with van der Waals surface area (Å²) in [7, 11) is 0. The number of nitrogens with zero attached hydrogens (tertiary/aromatic N) is 1. The smallest absolute Gasteiger partial charge is 0.0425 e. The van der Waals surface area contributed by atoms with Crippen LogP contribution in [0.15, 0.2) is 24.5 Å². The zero-order valence-electron chi connectivity index (χ0n) is 7.98. The van der Waals surface area contributed by atoms with E-state index in [1.807, 2.05) is 12.3 Å². The number of hydrogen-bond donors (Lipinski definition) is 1.